The second-order valence-electron chi connectivity index (χ2n) is 7.09. The number of aromatic nitrogens is 5. The van der Waals surface area contributed by atoms with Gasteiger partial charge in [-0.1, -0.05) is 28.1 Å². The lowest BCUT2D eigenvalue weighted by atomic mass is 10.1. The normalized spacial score (nSPS) is 11.3. The molecule has 3 aromatic heterocycles. The van der Waals surface area contributed by atoms with Gasteiger partial charge in [-0.2, -0.15) is 14.9 Å². The van der Waals surface area contributed by atoms with Crippen LogP contribution < -0.4 is 10.3 Å². The summed E-state index contributed by atoms with van der Waals surface area (Å²) in [6.45, 7) is 2.38. The maximum atomic E-state index is 13.7. The highest BCUT2D eigenvalue weighted by Gasteiger charge is 2.17. The van der Waals surface area contributed by atoms with E-state index < -0.39 is 0 Å². The third kappa shape index (κ3) is 3.48. The van der Waals surface area contributed by atoms with Gasteiger partial charge in [-0.15, -0.1) is 0 Å². The molecule has 154 valence electrons. The predicted octanol–water partition coefficient (Wildman–Crippen LogP) is 4.50. The molecular weight excluding hydrogens is 458 g/mol. The minimum atomic E-state index is -0.251. The van der Waals surface area contributed by atoms with Crippen LogP contribution in [0.2, 0.25) is 0 Å². The number of halogens is 1. The molecule has 0 amide bonds. The molecule has 5 rings (SSSR count). The lowest BCUT2D eigenvalue weighted by molar-refractivity contribution is 0.328. The van der Waals surface area contributed by atoms with Crippen molar-refractivity contribution in [2.24, 2.45) is 7.05 Å². The van der Waals surface area contributed by atoms with Gasteiger partial charge in [-0.05, 0) is 48.9 Å². The number of hydrogen-bond acceptors (Lipinski definition) is 5. The summed E-state index contributed by atoms with van der Waals surface area (Å²) in [6, 6.07) is 16.8. The largest absolute Gasteiger partial charge is 0.478 e. The van der Waals surface area contributed by atoms with Gasteiger partial charge in [0.25, 0.3) is 5.56 Å². The first-order valence-corrected chi connectivity index (χ1v) is 10.6. The van der Waals surface area contributed by atoms with Crippen LogP contribution in [0, 0.1) is 0 Å². The quantitative estimate of drug-likeness (QED) is 0.382. The molecule has 31 heavy (non-hydrogen) atoms. The Kier molecular flexibility index (Phi) is 4.78. The number of aryl methyl sites for hydroxylation is 1. The Morgan fingerprint density at radius 1 is 1.00 bits per heavy atom. The fraction of sp³-hybridized carbons (Fsp3) is 0.130. The van der Waals surface area contributed by atoms with Crippen LogP contribution in [0.1, 0.15) is 6.92 Å². The van der Waals surface area contributed by atoms with Gasteiger partial charge in [-0.25, -0.2) is 4.98 Å². The summed E-state index contributed by atoms with van der Waals surface area (Å²) in [5.41, 5.74) is 3.63. The van der Waals surface area contributed by atoms with Gasteiger partial charge < -0.3 is 4.74 Å². The predicted molar refractivity (Wildman–Crippen MR) is 124 cm³/mol. The van der Waals surface area contributed by atoms with Crippen molar-refractivity contribution in [3.63, 3.8) is 0 Å². The highest BCUT2D eigenvalue weighted by Crippen LogP contribution is 2.27. The molecule has 8 heteroatoms. The molecule has 0 saturated carbocycles. The fourth-order valence-electron chi connectivity index (χ4n) is 3.61. The summed E-state index contributed by atoms with van der Waals surface area (Å²) in [6.07, 6.45) is 1.91. The Morgan fingerprint density at radius 3 is 2.55 bits per heavy atom. The number of benzene rings is 2. The zero-order chi connectivity index (χ0) is 21.5. The van der Waals surface area contributed by atoms with Crippen LogP contribution in [0.15, 0.2) is 70.1 Å². The van der Waals surface area contributed by atoms with E-state index in [9.17, 15) is 4.79 Å². The molecule has 0 fully saturated rings. The number of nitrogens with zero attached hydrogens (tertiary/aromatic N) is 5. The fourth-order valence-corrected chi connectivity index (χ4v) is 3.87. The van der Waals surface area contributed by atoms with Gasteiger partial charge in [0.15, 0.2) is 0 Å². The Labute approximate surface area is 186 Å². The van der Waals surface area contributed by atoms with E-state index in [4.69, 9.17) is 4.74 Å². The van der Waals surface area contributed by atoms with Gasteiger partial charge >= 0.3 is 0 Å². The second-order valence-corrected chi connectivity index (χ2v) is 8.01. The topological polar surface area (TPSA) is 74.8 Å². The molecule has 0 bridgehead atoms. The van der Waals surface area contributed by atoms with Gasteiger partial charge in [0.2, 0.25) is 5.88 Å². The van der Waals surface area contributed by atoms with Gasteiger partial charge in [0.05, 0.1) is 23.4 Å². The first-order chi connectivity index (χ1) is 15.0. The highest BCUT2D eigenvalue weighted by atomic mass is 79.9. The molecule has 3 heterocycles. The number of fused-ring (bicyclic) bond motifs is 2. The Morgan fingerprint density at radius 2 is 1.77 bits per heavy atom. The first-order valence-electron chi connectivity index (χ1n) is 9.80. The molecule has 0 aliphatic heterocycles. The average Bonchev–Trinajstić information content (AvgIpc) is 3.14. The molecule has 7 nitrogen and oxygen atoms in total. The Bertz CT molecular complexity index is 1490. The summed E-state index contributed by atoms with van der Waals surface area (Å²) < 4.78 is 9.67. The number of rotatable bonds is 4. The van der Waals surface area contributed by atoms with Crippen LogP contribution in [0.5, 0.6) is 5.88 Å². The van der Waals surface area contributed by atoms with E-state index in [0.29, 0.717) is 34.8 Å². The molecule has 0 spiro atoms. The molecule has 0 N–H and O–H groups in total. The van der Waals surface area contributed by atoms with Crippen LogP contribution in [0.25, 0.3) is 38.8 Å². The lowest BCUT2D eigenvalue weighted by Crippen LogP contribution is -2.23. The van der Waals surface area contributed by atoms with E-state index in [1.807, 2.05) is 68.7 Å². The third-order valence-electron chi connectivity index (χ3n) is 4.97. The summed E-state index contributed by atoms with van der Waals surface area (Å²) >= 11 is 3.46. The monoisotopic (exact) mass is 475 g/mol. The molecule has 0 unspecified atom stereocenters. The van der Waals surface area contributed by atoms with E-state index >= 15 is 0 Å². The zero-order valence-corrected chi connectivity index (χ0v) is 18.5. The van der Waals surface area contributed by atoms with Crippen molar-refractivity contribution < 1.29 is 4.74 Å². The van der Waals surface area contributed by atoms with Crippen LogP contribution in [0.3, 0.4) is 0 Å². The average molecular weight is 476 g/mol. The highest BCUT2D eigenvalue weighted by molar-refractivity contribution is 9.10. The molecule has 0 aliphatic rings. The summed E-state index contributed by atoms with van der Waals surface area (Å²) in [4.78, 5) is 18.3. The number of hydrogen-bond donors (Lipinski definition) is 0. The zero-order valence-electron chi connectivity index (χ0n) is 16.9. The summed E-state index contributed by atoms with van der Waals surface area (Å²) in [5.74, 6) is 0.462. The Hall–Kier alpha value is -3.52. The van der Waals surface area contributed by atoms with Crippen LogP contribution in [0.4, 0.5) is 0 Å². The van der Waals surface area contributed by atoms with Gasteiger partial charge in [0.1, 0.15) is 11.0 Å². The summed E-state index contributed by atoms with van der Waals surface area (Å²) in [5, 5.41) is 9.95. The maximum Gasteiger partial charge on any atom is 0.281 e. The van der Waals surface area contributed by atoms with Crippen molar-refractivity contribution in [1.29, 1.82) is 0 Å². The smallest absolute Gasteiger partial charge is 0.281 e. The molecule has 0 atom stereocenters. The van der Waals surface area contributed by atoms with Crippen LogP contribution >= 0.6 is 15.9 Å². The maximum absolute atomic E-state index is 13.7. The second kappa shape index (κ2) is 7.63. The van der Waals surface area contributed by atoms with E-state index in [0.717, 1.165) is 20.9 Å². The molecule has 2 aromatic carbocycles. The molecule has 0 radical (unpaired) electrons. The van der Waals surface area contributed by atoms with Crippen LogP contribution in [-0.4, -0.2) is 31.2 Å². The van der Waals surface area contributed by atoms with Crippen molar-refractivity contribution in [2.75, 3.05) is 6.61 Å². The van der Waals surface area contributed by atoms with E-state index in [1.54, 1.807) is 10.7 Å². The Balaban J connectivity index is 1.81. The van der Waals surface area contributed by atoms with Crippen molar-refractivity contribution in [3.05, 3.63) is 75.6 Å². The standard InChI is InChI=1S/C23H18BrN5O2/c1-3-31-20-11-10-19-22(25-20)21(14-4-6-16(24)7-5-14)23(30)29(27-19)17-8-9-18-15(12-17)13-28(2)26-18/h4-13H,3H2,1-2H3. The van der Waals surface area contributed by atoms with Crippen molar-refractivity contribution >= 4 is 37.9 Å². The minimum Gasteiger partial charge on any atom is -0.478 e. The van der Waals surface area contributed by atoms with Gasteiger partial charge in [-0.3, -0.25) is 9.48 Å². The van der Waals surface area contributed by atoms with Crippen LogP contribution in [-0.2, 0) is 7.05 Å². The SMILES string of the molecule is CCOc1ccc2nn(-c3ccc4nn(C)cc4c3)c(=O)c(-c3ccc(Br)cc3)c2n1. The summed E-state index contributed by atoms with van der Waals surface area (Å²) in [7, 11) is 1.87. The van der Waals surface area contributed by atoms with Crippen molar-refractivity contribution in [3.8, 4) is 22.7 Å². The lowest BCUT2D eigenvalue weighted by Gasteiger charge is -2.12. The number of pyridine rings is 1. The van der Waals surface area contributed by atoms with Crippen molar-refractivity contribution in [1.82, 2.24) is 24.5 Å². The molecular formula is C23H18BrN5O2. The minimum absolute atomic E-state index is 0.251. The van der Waals surface area contributed by atoms with Crippen molar-refractivity contribution in [2.45, 2.75) is 6.92 Å². The molecule has 5 aromatic rings. The molecule has 0 aliphatic carbocycles. The third-order valence-corrected chi connectivity index (χ3v) is 5.50. The van der Waals surface area contributed by atoms with Gasteiger partial charge in [0, 0.05) is 29.2 Å². The van der Waals surface area contributed by atoms with E-state index in [2.05, 4.69) is 31.1 Å². The number of ether oxygens (including phenoxy) is 1. The van der Waals surface area contributed by atoms with E-state index in [1.165, 1.54) is 4.68 Å². The molecule has 0 saturated heterocycles. The first kappa shape index (κ1) is 19.4. The van der Waals surface area contributed by atoms with E-state index in [-0.39, 0.29) is 5.56 Å².